The minimum atomic E-state index is 0.101. The Morgan fingerprint density at radius 2 is 1.83 bits per heavy atom. The van der Waals surface area contributed by atoms with Crippen LogP contribution in [0.15, 0.2) is 36.4 Å². The maximum atomic E-state index is 5.58. The molecule has 18 heavy (non-hydrogen) atoms. The van der Waals surface area contributed by atoms with Crippen LogP contribution in [0.2, 0.25) is 0 Å². The van der Waals surface area contributed by atoms with E-state index >= 15 is 0 Å². The number of ether oxygens (including phenoxy) is 1. The van der Waals surface area contributed by atoms with Gasteiger partial charge in [0.05, 0.1) is 6.10 Å². The number of para-hydroxylation sites is 1. The zero-order valence-electron chi connectivity index (χ0n) is 10.8. The average Bonchev–Trinajstić information content (AvgIpc) is 2.28. The third-order valence-corrected chi connectivity index (χ3v) is 2.22. The first-order valence-electron chi connectivity index (χ1n) is 5.98. The highest BCUT2D eigenvalue weighted by Gasteiger charge is 2.05. The molecule has 0 fully saturated rings. The Hall–Kier alpha value is -2.10. The van der Waals surface area contributed by atoms with Crippen molar-refractivity contribution in [1.29, 1.82) is 0 Å². The fourth-order valence-electron chi connectivity index (χ4n) is 1.55. The van der Waals surface area contributed by atoms with Gasteiger partial charge in [-0.2, -0.15) is 4.98 Å². The van der Waals surface area contributed by atoms with Gasteiger partial charge in [-0.05, 0) is 32.9 Å². The summed E-state index contributed by atoms with van der Waals surface area (Å²) in [4.78, 5) is 8.66. The molecule has 0 atom stereocenters. The molecule has 0 bridgehead atoms. The molecular formula is C14H17N3O. The van der Waals surface area contributed by atoms with Gasteiger partial charge in [0.15, 0.2) is 0 Å². The van der Waals surface area contributed by atoms with Crippen molar-refractivity contribution in [3.8, 4) is 5.88 Å². The smallest absolute Gasteiger partial charge is 0.230 e. The van der Waals surface area contributed by atoms with Crippen LogP contribution >= 0.6 is 0 Å². The molecule has 0 unspecified atom stereocenters. The van der Waals surface area contributed by atoms with E-state index in [1.807, 2.05) is 57.2 Å². The van der Waals surface area contributed by atoms with Crippen LogP contribution in [0.1, 0.15) is 19.5 Å². The molecule has 94 valence electrons. The molecular weight excluding hydrogens is 226 g/mol. The van der Waals surface area contributed by atoms with Gasteiger partial charge >= 0.3 is 0 Å². The summed E-state index contributed by atoms with van der Waals surface area (Å²) in [5.41, 5.74) is 1.83. The van der Waals surface area contributed by atoms with E-state index in [9.17, 15) is 0 Å². The second-order valence-corrected chi connectivity index (χ2v) is 4.33. The van der Waals surface area contributed by atoms with Crippen LogP contribution in [-0.4, -0.2) is 16.1 Å². The lowest BCUT2D eigenvalue weighted by atomic mass is 10.3. The number of nitrogens with zero attached hydrogens (tertiary/aromatic N) is 2. The lowest BCUT2D eigenvalue weighted by Crippen LogP contribution is -2.09. The Bertz CT molecular complexity index is 512. The van der Waals surface area contributed by atoms with Gasteiger partial charge in [0.2, 0.25) is 11.8 Å². The Labute approximate surface area is 107 Å². The van der Waals surface area contributed by atoms with E-state index in [4.69, 9.17) is 4.74 Å². The molecule has 0 aliphatic carbocycles. The Balaban J connectivity index is 2.20. The van der Waals surface area contributed by atoms with Gasteiger partial charge in [-0.15, -0.1) is 0 Å². The number of hydrogen-bond donors (Lipinski definition) is 1. The average molecular weight is 243 g/mol. The van der Waals surface area contributed by atoms with Gasteiger partial charge in [0.25, 0.3) is 0 Å². The molecule has 0 aliphatic heterocycles. The molecule has 1 N–H and O–H groups in total. The van der Waals surface area contributed by atoms with Crippen LogP contribution in [0.25, 0.3) is 0 Å². The van der Waals surface area contributed by atoms with Crippen LogP contribution in [-0.2, 0) is 0 Å². The molecule has 4 heteroatoms. The van der Waals surface area contributed by atoms with Gasteiger partial charge < -0.3 is 10.1 Å². The van der Waals surface area contributed by atoms with Crippen LogP contribution in [0.4, 0.5) is 11.6 Å². The first-order valence-corrected chi connectivity index (χ1v) is 5.98. The molecule has 0 radical (unpaired) electrons. The molecule has 0 amide bonds. The molecule has 0 spiro atoms. The molecule has 0 saturated carbocycles. The lowest BCUT2D eigenvalue weighted by Gasteiger charge is -2.11. The van der Waals surface area contributed by atoms with E-state index in [-0.39, 0.29) is 6.10 Å². The van der Waals surface area contributed by atoms with Gasteiger partial charge in [-0.1, -0.05) is 18.2 Å². The van der Waals surface area contributed by atoms with E-state index in [1.54, 1.807) is 0 Å². The largest absolute Gasteiger partial charge is 0.475 e. The maximum Gasteiger partial charge on any atom is 0.230 e. The van der Waals surface area contributed by atoms with Gasteiger partial charge in [0, 0.05) is 17.4 Å². The van der Waals surface area contributed by atoms with Crippen LogP contribution in [0, 0.1) is 6.92 Å². The van der Waals surface area contributed by atoms with Crippen molar-refractivity contribution in [3.05, 3.63) is 42.1 Å². The molecule has 1 aromatic heterocycles. The summed E-state index contributed by atoms with van der Waals surface area (Å²) in [5.74, 6) is 1.15. The predicted molar refractivity (Wildman–Crippen MR) is 72.3 cm³/mol. The van der Waals surface area contributed by atoms with Crippen LogP contribution in [0.3, 0.4) is 0 Å². The third-order valence-electron chi connectivity index (χ3n) is 2.22. The maximum absolute atomic E-state index is 5.58. The molecule has 1 heterocycles. The topological polar surface area (TPSA) is 47.0 Å². The number of rotatable bonds is 4. The Morgan fingerprint density at radius 1 is 1.11 bits per heavy atom. The third kappa shape index (κ3) is 3.45. The predicted octanol–water partition coefficient (Wildman–Crippen LogP) is 3.32. The zero-order chi connectivity index (χ0) is 13.0. The summed E-state index contributed by atoms with van der Waals surface area (Å²) >= 11 is 0. The second-order valence-electron chi connectivity index (χ2n) is 4.33. The van der Waals surface area contributed by atoms with Crippen molar-refractivity contribution < 1.29 is 4.74 Å². The molecule has 4 nitrogen and oxygen atoms in total. The van der Waals surface area contributed by atoms with Crippen molar-refractivity contribution in [3.63, 3.8) is 0 Å². The minimum absolute atomic E-state index is 0.101. The standard InChI is InChI=1S/C14H17N3O/c1-10(2)18-13-9-11(3)15-14(17-13)16-12-7-5-4-6-8-12/h4-10H,1-3H3,(H,15,16,17). The lowest BCUT2D eigenvalue weighted by molar-refractivity contribution is 0.232. The van der Waals surface area contributed by atoms with Gasteiger partial charge in [-0.3, -0.25) is 0 Å². The fourth-order valence-corrected chi connectivity index (χ4v) is 1.55. The number of anilines is 2. The molecule has 0 aliphatic rings. The number of hydrogen-bond acceptors (Lipinski definition) is 4. The summed E-state index contributed by atoms with van der Waals surface area (Å²) in [6.07, 6.45) is 0.101. The SMILES string of the molecule is Cc1cc(OC(C)C)nc(Nc2ccccc2)n1. The number of benzene rings is 1. The highest BCUT2D eigenvalue weighted by Crippen LogP contribution is 2.17. The quantitative estimate of drug-likeness (QED) is 0.894. The summed E-state index contributed by atoms with van der Waals surface area (Å²) < 4.78 is 5.58. The molecule has 1 aromatic carbocycles. The zero-order valence-corrected chi connectivity index (χ0v) is 10.8. The van der Waals surface area contributed by atoms with Crippen LogP contribution in [0.5, 0.6) is 5.88 Å². The molecule has 2 aromatic rings. The normalized spacial score (nSPS) is 10.4. The van der Waals surface area contributed by atoms with Gasteiger partial charge in [-0.25, -0.2) is 4.98 Å². The Kier molecular flexibility index (Phi) is 3.77. The summed E-state index contributed by atoms with van der Waals surface area (Å²) in [5, 5.41) is 3.16. The van der Waals surface area contributed by atoms with Crippen molar-refractivity contribution >= 4 is 11.6 Å². The van der Waals surface area contributed by atoms with E-state index in [0.717, 1.165) is 11.4 Å². The van der Waals surface area contributed by atoms with Crippen molar-refractivity contribution in [1.82, 2.24) is 9.97 Å². The fraction of sp³-hybridized carbons (Fsp3) is 0.286. The van der Waals surface area contributed by atoms with Crippen molar-refractivity contribution in [2.45, 2.75) is 26.9 Å². The minimum Gasteiger partial charge on any atom is -0.475 e. The monoisotopic (exact) mass is 243 g/mol. The van der Waals surface area contributed by atoms with Gasteiger partial charge in [0.1, 0.15) is 0 Å². The van der Waals surface area contributed by atoms with E-state index in [0.29, 0.717) is 11.8 Å². The number of nitrogens with one attached hydrogen (secondary N) is 1. The van der Waals surface area contributed by atoms with E-state index in [2.05, 4.69) is 15.3 Å². The summed E-state index contributed by atoms with van der Waals surface area (Å²) in [6.45, 7) is 5.87. The van der Waals surface area contributed by atoms with Crippen LogP contribution < -0.4 is 10.1 Å². The highest BCUT2D eigenvalue weighted by molar-refractivity contribution is 5.53. The van der Waals surface area contributed by atoms with E-state index < -0.39 is 0 Å². The summed E-state index contributed by atoms with van der Waals surface area (Å²) in [6, 6.07) is 11.7. The van der Waals surface area contributed by atoms with E-state index in [1.165, 1.54) is 0 Å². The molecule has 0 saturated heterocycles. The van der Waals surface area contributed by atoms with Crippen molar-refractivity contribution in [2.24, 2.45) is 0 Å². The first-order chi connectivity index (χ1) is 8.63. The first kappa shape index (κ1) is 12.4. The molecule has 2 rings (SSSR count). The second kappa shape index (κ2) is 5.49. The summed E-state index contributed by atoms with van der Waals surface area (Å²) in [7, 11) is 0. The van der Waals surface area contributed by atoms with Crippen molar-refractivity contribution in [2.75, 3.05) is 5.32 Å². The number of aromatic nitrogens is 2. The highest BCUT2D eigenvalue weighted by atomic mass is 16.5. The number of aryl methyl sites for hydroxylation is 1. The Morgan fingerprint density at radius 3 is 2.50 bits per heavy atom.